The van der Waals surface area contributed by atoms with Gasteiger partial charge >= 0.3 is 0 Å². The Morgan fingerprint density at radius 3 is 2.91 bits per heavy atom. The first-order valence-corrected chi connectivity index (χ1v) is 11.4. The summed E-state index contributed by atoms with van der Waals surface area (Å²) < 4.78 is 11.7. The number of hydrogen-bond acceptors (Lipinski definition) is 4. The van der Waals surface area contributed by atoms with Crippen molar-refractivity contribution in [3.8, 4) is 5.75 Å². The van der Waals surface area contributed by atoms with Crippen LogP contribution in [-0.2, 0) is 17.7 Å². The molecule has 1 saturated heterocycles. The van der Waals surface area contributed by atoms with Gasteiger partial charge in [0.15, 0.2) is 5.96 Å². The zero-order chi connectivity index (χ0) is 22.2. The molecule has 2 aromatic carbocycles. The standard InChI is InChI=1S/C26H32N4O2/c1-3-27-26(29-14-11-21-7-4-6-20-8-5-13-28-25(20)21)30-17-22-10-9-19(2)16-24(22)32-23-12-15-31-18-23/h4-10,13,16,23H,3,11-12,14-15,17-18H2,1-2H3,(H2,27,29,30). The molecule has 1 atom stereocenters. The molecule has 168 valence electrons. The highest BCUT2D eigenvalue weighted by molar-refractivity contribution is 5.82. The van der Waals surface area contributed by atoms with E-state index in [-0.39, 0.29) is 6.10 Å². The van der Waals surface area contributed by atoms with Gasteiger partial charge in [0, 0.05) is 36.7 Å². The van der Waals surface area contributed by atoms with Gasteiger partial charge in [-0.25, -0.2) is 4.99 Å². The van der Waals surface area contributed by atoms with Crippen molar-refractivity contribution in [1.29, 1.82) is 0 Å². The summed E-state index contributed by atoms with van der Waals surface area (Å²) in [7, 11) is 0. The number of fused-ring (bicyclic) bond motifs is 1. The van der Waals surface area contributed by atoms with Crippen LogP contribution in [0.2, 0.25) is 0 Å². The van der Waals surface area contributed by atoms with E-state index in [4.69, 9.17) is 14.5 Å². The molecule has 0 radical (unpaired) electrons. The summed E-state index contributed by atoms with van der Waals surface area (Å²) in [6.07, 6.45) is 3.78. The Labute approximate surface area is 190 Å². The van der Waals surface area contributed by atoms with Crippen LogP contribution in [0.5, 0.6) is 5.75 Å². The Balaban J connectivity index is 1.41. The van der Waals surface area contributed by atoms with E-state index in [2.05, 4.69) is 71.9 Å². The average Bonchev–Trinajstić information content (AvgIpc) is 3.32. The van der Waals surface area contributed by atoms with Gasteiger partial charge in [0.2, 0.25) is 0 Å². The summed E-state index contributed by atoms with van der Waals surface area (Å²) in [5.41, 5.74) is 4.56. The van der Waals surface area contributed by atoms with E-state index in [1.54, 1.807) is 0 Å². The molecule has 6 nitrogen and oxygen atoms in total. The Morgan fingerprint density at radius 2 is 2.06 bits per heavy atom. The molecular weight excluding hydrogens is 400 g/mol. The van der Waals surface area contributed by atoms with Crippen molar-refractivity contribution in [1.82, 2.24) is 15.6 Å². The molecule has 0 bridgehead atoms. The number of guanidine groups is 1. The maximum atomic E-state index is 6.22. The van der Waals surface area contributed by atoms with Crippen molar-refractivity contribution in [2.45, 2.75) is 39.3 Å². The Hall–Kier alpha value is -3.12. The fourth-order valence-electron chi connectivity index (χ4n) is 3.88. The van der Waals surface area contributed by atoms with Gasteiger partial charge in [0.1, 0.15) is 11.9 Å². The van der Waals surface area contributed by atoms with Crippen LogP contribution in [-0.4, -0.2) is 43.4 Å². The third kappa shape index (κ3) is 5.77. The van der Waals surface area contributed by atoms with Crippen molar-refractivity contribution in [2.75, 3.05) is 26.3 Å². The summed E-state index contributed by atoms with van der Waals surface area (Å²) in [6, 6.07) is 16.7. The number of aliphatic imine (C=N–C) groups is 1. The molecule has 6 heteroatoms. The van der Waals surface area contributed by atoms with Crippen LogP contribution in [0.15, 0.2) is 59.7 Å². The van der Waals surface area contributed by atoms with E-state index >= 15 is 0 Å². The van der Waals surface area contributed by atoms with E-state index < -0.39 is 0 Å². The van der Waals surface area contributed by atoms with Crippen molar-refractivity contribution in [2.24, 2.45) is 4.99 Å². The molecule has 0 aliphatic carbocycles. The lowest BCUT2D eigenvalue weighted by atomic mass is 10.1. The molecule has 0 saturated carbocycles. The lowest BCUT2D eigenvalue weighted by Gasteiger charge is -2.16. The van der Waals surface area contributed by atoms with Gasteiger partial charge in [-0.3, -0.25) is 4.98 Å². The normalized spacial score (nSPS) is 16.3. The number of para-hydroxylation sites is 1. The monoisotopic (exact) mass is 432 g/mol. The molecule has 0 amide bonds. The van der Waals surface area contributed by atoms with Gasteiger partial charge in [-0.2, -0.15) is 0 Å². The van der Waals surface area contributed by atoms with E-state index in [1.807, 2.05) is 12.3 Å². The second kappa shape index (κ2) is 11.0. The molecule has 32 heavy (non-hydrogen) atoms. The first kappa shape index (κ1) is 22.1. The number of ether oxygens (including phenoxy) is 2. The predicted octanol–water partition coefficient (Wildman–Crippen LogP) is 4.01. The molecule has 2 heterocycles. The molecule has 0 spiro atoms. The molecule has 1 fully saturated rings. The Bertz CT molecular complexity index is 1060. The van der Waals surface area contributed by atoms with Gasteiger partial charge in [-0.15, -0.1) is 0 Å². The molecular formula is C26H32N4O2. The maximum absolute atomic E-state index is 6.22. The van der Waals surface area contributed by atoms with Crippen LogP contribution < -0.4 is 15.4 Å². The van der Waals surface area contributed by atoms with Gasteiger partial charge in [-0.1, -0.05) is 36.4 Å². The fraction of sp³-hybridized carbons (Fsp3) is 0.385. The van der Waals surface area contributed by atoms with Crippen LogP contribution in [0.4, 0.5) is 0 Å². The van der Waals surface area contributed by atoms with Gasteiger partial charge < -0.3 is 20.1 Å². The van der Waals surface area contributed by atoms with Crippen molar-refractivity contribution < 1.29 is 9.47 Å². The highest BCUT2D eigenvalue weighted by Crippen LogP contribution is 2.24. The summed E-state index contributed by atoms with van der Waals surface area (Å²) in [6.45, 7) is 7.71. The molecule has 1 unspecified atom stereocenters. The minimum Gasteiger partial charge on any atom is -0.488 e. The average molecular weight is 433 g/mol. The first-order chi connectivity index (χ1) is 15.7. The third-order valence-electron chi connectivity index (χ3n) is 5.56. The van der Waals surface area contributed by atoms with E-state index in [0.29, 0.717) is 13.2 Å². The van der Waals surface area contributed by atoms with Crippen molar-refractivity contribution >= 4 is 16.9 Å². The minimum atomic E-state index is 0.125. The summed E-state index contributed by atoms with van der Waals surface area (Å²) in [4.78, 5) is 9.36. The highest BCUT2D eigenvalue weighted by Gasteiger charge is 2.18. The number of hydrogen-bond donors (Lipinski definition) is 2. The fourth-order valence-corrected chi connectivity index (χ4v) is 3.88. The largest absolute Gasteiger partial charge is 0.488 e. The molecule has 1 aromatic heterocycles. The number of pyridine rings is 1. The third-order valence-corrected chi connectivity index (χ3v) is 5.56. The van der Waals surface area contributed by atoms with Gasteiger partial charge in [0.05, 0.1) is 25.3 Å². The van der Waals surface area contributed by atoms with Crippen molar-refractivity contribution in [3.63, 3.8) is 0 Å². The van der Waals surface area contributed by atoms with Crippen LogP contribution in [0.1, 0.15) is 30.0 Å². The summed E-state index contributed by atoms with van der Waals surface area (Å²) in [5.74, 6) is 1.71. The van der Waals surface area contributed by atoms with E-state index in [1.165, 1.54) is 16.5 Å². The van der Waals surface area contributed by atoms with E-state index in [9.17, 15) is 0 Å². The zero-order valence-electron chi connectivity index (χ0n) is 18.9. The molecule has 3 aromatic rings. The summed E-state index contributed by atoms with van der Waals surface area (Å²) >= 11 is 0. The van der Waals surface area contributed by atoms with Gasteiger partial charge in [0.25, 0.3) is 0 Å². The molecule has 2 N–H and O–H groups in total. The van der Waals surface area contributed by atoms with Crippen LogP contribution in [0, 0.1) is 6.92 Å². The van der Waals surface area contributed by atoms with Gasteiger partial charge in [-0.05, 0) is 43.5 Å². The lowest BCUT2D eigenvalue weighted by molar-refractivity contribution is 0.140. The smallest absolute Gasteiger partial charge is 0.191 e. The highest BCUT2D eigenvalue weighted by atomic mass is 16.5. The second-order valence-electron chi connectivity index (χ2n) is 8.08. The SMILES string of the molecule is CCNC(=NCc1ccc(C)cc1OC1CCOC1)NCCc1cccc2cccnc12. The van der Waals surface area contributed by atoms with Crippen molar-refractivity contribution in [3.05, 3.63) is 71.4 Å². The second-order valence-corrected chi connectivity index (χ2v) is 8.08. The minimum absolute atomic E-state index is 0.125. The number of nitrogens with one attached hydrogen (secondary N) is 2. The lowest BCUT2D eigenvalue weighted by Crippen LogP contribution is -2.38. The maximum Gasteiger partial charge on any atom is 0.191 e. The summed E-state index contributed by atoms with van der Waals surface area (Å²) in [5, 5.41) is 7.97. The number of rotatable bonds is 8. The van der Waals surface area contributed by atoms with Crippen LogP contribution >= 0.6 is 0 Å². The Kier molecular flexibility index (Phi) is 7.56. The number of benzene rings is 2. The first-order valence-electron chi connectivity index (χ1n) is 11.4. The van der Waals surface area contributed by atoms with Crippen LogP contribution in [0.3, 0.4) is 0 Å². The van der Waals surface area contributed by atoms with E-state index in [0.717, 1.165) is 55.3 Å². The topological polar surface area (TPSA) is 67.8 Å². The molecule has 4 rings (SSSR count). The molecule has 1 aliphatic rings. The number of aryl methyl sites for hydroxylation is 1. The number of nitrogens with zero attached hydrogens (tertiary/aromatic N) is 2. The van der Waals surface area contributed by atoms with Crippen LogP contribution in [0.25, 0.3) is 10.9 Å². The molecule has 1 aliphatic heterocycles. The number of aromatic nitrogens is 1. The quantitative estimate of drug-likeness (QED) is 0.416. The predicted molar refractivity (Wildman–Crippen MR) is 129 cm³/mol. The Morgan fingerprint density at radius 1 is 1.16 bits per heavy atom. The zero-order valence-corrected chi connectivity index (χ0v) is 18.9.